The minimum atomic E-state index is -0.947. The number of rotatable bonds is 4. The van der Waals surface area contributed by atoms with Crippen LogP contribution >= 0.6 is 11.3 Å². The molecule has 1 aliphatic carbocycles. The van der Waals surface area contributed by atoms with Crippen molar-refractivity contribution in [3.05, 3.63) is 30.0 Å². The topological polar surface area (TPSA) is 114 Å². The lowest BCUT2D eigenvalue weighted by molar-refractivity contribution is 0.00446. The minimum absolute atomic E-state index is 0.152. The number of nitrogens with zero attached hydrogens (tertiary/aromatic N) is 2. The highest BCUT2D eigenvalue weighted by Crippen LogP contribution is 2.37. The van der Waals surface area contributed by atoms with Crippen LogP contribution in [0, 0.1) is 12.8 Å². The highest BCUT2D eigenvalue weighted by molar-refractivity contribution is 7.21. The molecule has 2 aromatic heterocycles. The summed E-state index contributed by atoms with van der Waals surface area (Å²) in [6.45, 7) is 1.77. The van der Waals surface area contributed by atoms with Gasteiger partial charge >= 0.3 is 0 Å². The average molecular weight is 360 g/mol. The molecule has 3 aromatic rings. The Labute approximate surface area is 148 Å². The minimum Gasteiger partial charge on any atom is -0.396 e. The summed E-state index contributed by atoms with van der Waals surface area (Å²) < 4.78 is 1.10. The number of para-hydroxylation sites is 1. The first-order valence-electron chi connectivity index (χ1n) is 8.23. The number of hydrogen-bond acceptors (Lipinski definition) is 7. The highest BCUT2D eigenvalue weighted by Gasteiger charge is 2.41. The van der Waals surface area contributed by atoms with Gasteiger partial charge in [-0.2, -0.15) is 5.10 Å². The molecule has 0 saturated heterocycles. The number of thiazole rings is 1. The number of aryl methyl sites for hydroxylation is 1. The molecule has 25 heavy (non-hydrogen) atoms. The van der Waals surface area contributed by atoms with E-state index in [1.54, 1.807) is 11.3 Å². The molecule has 0 aliphatic heterocycles. The monoisotopic (exact) mass is 360 g/mol. The molecule has 0 unspecified atom stereocenters. The maximum Gasteiger partial charge on any atom is 0.158 e. The molecule has 1 aromatic carbocycles. The lowest BCUT2D eigenvalue weighted by Gasteiger charge is -2.18. The molecule has 1 aliphatic rings. The van der Waals surface area contributed by atoms with Gasteiger partial charge in [-0.25, -0.2) is 4.98 Å². The van der Waals surface area contributed by atoms with Crippen LogP contribution in [0.3, 0.4) is 0 Å². The van der Waals surface area contributed by atoms with E-state index in [-0.39, 0.29) is 18.6 Å². The third-order valence-electron chi connectivity index (χ3n) is 4.81. The van der Waals surface area contributed by atoms with E-state index in [1.807, 2.05) is 31.2 Å². The van der Waals surface area contributed by atoms with E-state index in [2.05, 4.69) is 20.5 Å². The van der Waals surface area contributed by atoms with E-state index in [0.29, 0.717) is 12.2 Å². The molecule has 4 atom stereocenters. The summed E-state index contributed by atoms with van der Waals surface area (Å²) in [7, 11) is 0. The van der Waals surface area contributed by atoms with Gasteiger partial charge in [0, 0.05) is 18.2 Å². The number of aliphatic hydroxyl groups is 3. The quantitative estimate of drug-likeness (QED) is 0.482. The summed E-state index contributed by atoms with van der Waals surface area (Å²) >= 11 is 1.58. The highest BCUT2D eigenvalue weighted by atomic mass is 32.1. The molecule has 5 N–H and O–H groups in total. The summed E-state index contributed by atoms with van der Waals surface area (Å²) in [4.78, 5) is 4.68. The number of aromatic nitrogens is 3. The third-order valence-corrected chi connectivity index (χ3v) is 5.87. The number of hydrogen-bond donors (Lipinski definition) is 5. The van der Waals surface area contributed by atoms with Crippen molar-refractivity contribution in [2.24, 2.45) is 5.92 Å². The summed E-state index contributed by atoms with van der Waals surface area (Å²) in [5.41, 5.74) is 2.69. The first-order chi connectivity index (χ1) is 12.1. The van der Waals surface area contributed by atoms with Gasteiger partial charge in [-0.1, -0.05) is 12.1 Å². The summed E-state index contributed by atoms with van der Waals surface area (Å²) in [6, 6.07) is 7.57. The standard InChI is InChI=1S/C17H20N4O3S/c1-8-13(17-19-10-4-2-3-5-12(10)25-17)16(21-20-8)18-11-6-9(7-22)14(23)15(11)24/h2-5,9,11,14-15,22-24H,6-7H2,1H3,(H2,18,20,21)/t9-,11-,14-,15+/m1/s1. The van der Waals surface area contributed by atoms with Crippen molar-refractivity contribution in [3.63, 3.8) is 0 Å². The van der Waals surface area contributed by atoms with Crippen LogP contribution in [-0.4, -0.2) is 55.4 Å². The van der Waals surface area contributed by atoms with Crippen LogP contribution in [0.5, 0.6) is 0 Å². The van der Waals surface area contributed by atoms with Crippen molar-refractivity contribution in [2.75, 3.05) is 11.9 Å². The number of benzene rings is 1. The Balaban J connectivity index is 1.66. The van der Waals surface area contributed by atoms with Gasteiger partial charge in [0.25, 0.3) is 0 Å². The first kappa shape index (κ1) is 16.5. The lowest BCUT2D eigenvalue weighted by atomic mass is 10.1. The predicted octanol–water partition coefficient (Wildman–Crippen LogP) is 1.51. The summed E-state index contributed by atoms with van der Waals surface area (Å²) in [5, 5.41) is 40.9. The molecule has 0 bridgehead atoms. The number of anilines is 1. The van der Waals surface area contributed by atoms with Crippen LogP contribution < -0.4 is 5.32 Å². The average Bonchev–Trinajstić information content (AvgIpc) is 3.26. The fourth-order valence-electron chi connectivity index (χ4n) is 3.40. The van der Waals surface area contributed by atoms with E-state index in [9.17, 15) is 15.3 Å². The molecule has 8 heteroatoms. The third kappa shape index (κ3) is 2.81. The van der Waals surface area contributed by atoms with Gasteiger partial charge in [0.05, 0.1) is 27.9 Å². The maximum atomic E-state index is 10.2. The van der Waals surface area contributed by atoms with Crippen molar-refractivity contribution < 1.29 is 15.3 Å². The Morgan fingerprint density at radius 1 is 1.28 bits per heavy atom. The van der Waals surface area contributed by atoms with Gasteiger partial charge in [-0.3, -0.25) is 5.10 Å². The first-order valence-corrected chi connectivity index (χ1v) is 9.04. The second-order valence-corrected chi connectivity index (χ2v) is 7.50. The molecule has 0 spiro atoms. The fraction of sp³-hybridized carbons (Fsp3) is 0.412. The number of H-pyrrole nitrogens is 1. The van der Waals surface area contributed by atoms with Crippen molar-refractivity contribution >= 4 is 27.4 Å². The SMILES string of the molecule is Cc1[nH]nc(N[C@@H]2C[C@H](CO)[C@@H](O)[C@H]2O)c1-c1nc2ccccc2s1. The smallest absolute Gasteiger partial charge is 0.158 e. The van der Waals surface area contributed by atoms with E-state index < -0.39 is 12.2 Å². The zero-order valence-corrected chi connectivity index (χ0v) is 14.5. The Morgan fingerprint density at radius 3 is 2.80 bits per heavy atom. The molecule has 1 fully saturated rings. The Kier molecular flexibility index (Phi) is 4.20. The van der Waals surface area contributed by atoms with E-state index >= 15 is 0 Å². The van der Waals surface area contributed by atoms with Gasteiger partial charge in [-0.05, 0) is 25.5 Å². The molecule has 132 valence electrons. The van der Waals surface area contributed by atoms with Gasteiger partial charge in [0.15, 0.2) is 5.82 Å². The van der Waals surface area contributed by atoms with Crippen molar-refractivity contribution in [3.8, 4) is 10.6 Å². The zero-order chi connectivity index (χ0) is 17.6. The van der Waals surface area contributed by atoms with Crippen LogP contribution in [0.1, 0.15) is 12.1 Å². The van der Waals surface area contributed by atoms with Crippen LogP contribution in [0.4, 0.5) is 5.82 Å². The number of nitrogens with one attached hydrogen (secondary N) is 2. The summed E-state index contributed by atoms with van der Waals surface area (Å²) in [6.07, 6.45) is -1.41. The van der Waals surface area contributed by atoms with Crippen molar-refractivity contribution in [1.29, 1.82) is 0 Å². The Hall–Kier alpha value is -2.00. The van der Waals surface area contributed by atoms with Gasteiger partial charge < -0.3 is 20.6 Å². The normalized spacial score (nSPS) is 26.4. The van der Waals surface area contributed by atoms with Crippen LogP contribution in [0.2, 0.25) is 0 Å². The number of aromatic amines is 1. The molecular formula is C17H20N4O3S. The van der Waals surface area contributed by atoms with Crippen LogP contribution in [0.25, 0.3) is 20.8 Å². The molecule has 2 heterocycles. The largest absolute Gasteiger partial charge is 0.396 e. The second kappa shape index (κ2) is 6.38. The van der Waals surface area contributed by atoms with Crippen molar-refractivity contribution in [2.45, 2.75) is 31.6 Å². The summed E-state index contributed by atoms with van der Waals surface area (Å²) in [5.74, 6) is 0.268. The zero-order valence-electron chi connectivity index (χ0n) is 13.7. The fourth-order valence-corrected chi connectivity index (χ4v) is 4.47. The van der Waals surface area contributed by atoms with Crippen LogP contribution in [-0.2, 0) is 0 Å². The molecule has 4 rings (SSSR count). The van der Waals surface area contributed by atoms with Gasteiger partial charge in [-0.15, -0.1) is 11.3 Å². The van der Waals surface area contributed by atoms with Crippen LogP contribution in [0.15, 0.2) is 24.3 Å². The van der Waals surface area contributed by atoms with Gasteiger partial charge in [0.2, 0.25) is 0 Å². The Bertz CT molecular complexity index is 860. The second-order valence-electron chi connectivity index (χ2n) is 6.47. The molecule has 0 radical (unpaired) electrons. The van der Waals surface area contributed by atoms with E-state index in [1.165, 1.54) is 0 Å². The van der Waals surface area contributed by atoms with E-state index in [4.69, 9.17) is 0 Å². The number of fused-ring (bicyclic) bond motifs is 1. The maximum absolute atomic E-state index is 10.2. The number of aliphatic hydroxyl groups excluding tert-OH is 3. The Morgan fingerprint density at radius 2 is 2.08 bits per heavy atom. The van der Waals surface area contributed by atoms with E-state index in [0.717, 1.165) is 26.5 Å². The molecule has 7 nitrogen and oxygen atoms in total. The molecule has 1 saturated carbocycles. The molecule has 0 amide bonds. The lowest BCUT2D eigenvalue weighted by Crippen LogP contribution is -2.35. The predicted molar refractivity (Wildman–Crippen MR) is 96.6 cm³/mol. The van der Waals surface area contributed by atoms with Gasteiger partial charge in [0.1, 0.15) is 11.1 Å². The molecular weight excluding hydrogens is 340 g/mol. The van der Waals surface area contributed by atoms with Crippen molar-refractivity contribution in [1.82, 2.24) is 15.2 Å².